The van der Waals surface area contributed by atoms with E-state index in [0.717, 1.165) is 6.20 Å². The first-order chi connectivity index (χ1) is 6.56. The summed E-state index contributed by atoms with van der Waals surface area (Å²) < 4.78 is 0. The average Bonchev–Trinajstić information content (AvgIpc) is 2.17. The molecule has 76 valence electrons. The summed E-state index contributed by atoms with van der Waals surface area (Å²) in [4.78, 5) is 13.7. The van der Waals surface area contributed by atoms with Crippen LogP contribution in [0.3, 0.4) is 0 Å². The second-order valence-electron chi connectivity index (χ2n) is 2.94. The van der Waals surface area contributed by atoms with E-state index >= 15 is 0 Å². The predicted octanol–water partition coefficient (Wildman–Crippen LogP) is 0.982. The smallest absolute Gasteiger partial charge is 0.288 e. The zero-order chi connectivity index (χ0) is 10.7. The zero-order valence-corrected chi connectivity index (χ0v) is 7.80. The second-order valence-corrected chi connectivity index (χ2v) is 2.94. The van der Waals surface area contributed by atoms with Crippen molar-refractivity contribution in [3.63, 3.8) is 0 Å². The van der Waals surface area contributed by atoms with Gasteiger partial charge in [-0.15, -0.1) is 0 Å². The van der Waals surface area contributed by atoms with E-state index in [4.69, 9.17) is 11.5 Å². The van der Waals surface area contributed by atoms with Crippen molar-refractivity contribution in [2.24, 2.45) is 5.73 Å². The summed E-state index contributed by atoms with van der Waals surface area (Å²) in [5.41, 5.74) is 11.7. The van der Waals surface area contributed by atoms with E-state index in [1.54, 1.807) is 0 Å². The molecule has 0 amide bonds. The number of nitrogens with zero attached hydrogens (tertiary/aromatic N) is 2. The van der Waals surface area contributed by atoms with Crippen molar-refractivity contribution in [3.8, 4) is 0 Å². The topological polar surface area (TPSA) is 108 Å². The summed E-state index contributed by atoms with van der Waals surface area (Å²) in [6.45, 7) is 1.88. The van der Waals surface area contributed by atoms with Gasteiger partial charge in [-0.3, -0.25) is 10.1 Å². The van der Waals surface area contributed by atoms with E-state index in [0.29, 0.717) is 12.0 Å². The Morgan fingerprint density at radius 2 is 2.36 bits per heavy atom. The van der Waals surface area contributed by atoms with Gasteiger partial charge in [0.05, 0.1) is 4.92 Å². The van der Waals surface area contributed by atoms with E-state index in [-0.39, 0.29) is 17.5 Å². The molecule has 0 bridgehead atoms. The third-order valence-corrected chi connectivity index (χ3v) is 1.99. The minimum Gasteiger partial charge on any atom is -0.383 e. The van der Waals surface area contributed by atoms with Crippen molar-refractivity contribution in [1.29, 1.82) is 0 Å². The third kappa shape index (κ3) is 1.97. The summed E-state index contributed by atoms with van der Waals surface area (Å²) in [6.07, 6.45) is 1.79. The van der Waals surface area contributed by atoms with Crippen molar-refractivity contribution in [3.05, 3.63) is 27.9 Å². The lowest BCUT2D eigenvalue weighted by Crippen LogP contribution is -2.12. The molecule has 0 aliphatic carbocycles. The van der Waals surface area contributed by atoms with Gasteiger partial charge < -0.3 is 11.5 Å². The normalized spacial score (nSPS) is 12.4. The van der Waals surface area contributed by atoms with Gasteiger partial charge >= 0.3 is 0 Å². The SMILES string of the molecule is CCC(N)c1cc([N+](=O)[O-])cnc1N. The Labute approximate surface area is 81.1 Å². The highest BCUT2D eigenvalue weighted by Gasteiger charge is 2.14. The van der Waals surface area contributed by atoms with Crippen molar-refractivity contribution < 1.29 is 4.92 Å². The predicted molar refractivity (Wildman–Crippen MR) is 52.5 cm³/mol. The van der Waals surface area contributed by atoms with Gasteiger partial charge in [0, 0.05) is 17.7 Å². The quantitative estimate of drug-likeness (QED) is 0.553. The van der Waals surface area contributed by atoms with E-state index in [2.05, 4.69) is 4.98 Å². The number of anilines is 1. The van der Waals surface area contributed by atoms with Crippen LogP contribution in [-0.4, -0.2) is 9.91 Å². The number of pyridine rings is 1. The molecule has 1 aromatic heterocycles. The summed E-state index contributed by atoms with van der Waals surface area (Å²) in [6, 6.07) is 1.07. The zero-order valence-electron chi connectivity index (χ0n) is 7.80. The van der Waals surface area contributed by atoms with Gasteiger partial charge in [0.25, 0.3) is 5.69 Å². The molecular formula is C8H12N4O2. The fourth-order valence-electron chi connectivity index (χ4n) is 1.10. The summed E-state index contributed by atoms with van der Waals surface area (Å²) in [5.74, 6) is 0.255. The fraction of sp³-hybridized carbons (Fsp3) is 0.375. The number of aromatic nitrogens is 1. The molecule has 6 nitrogen and oxygen atoms in total. The van der Waals surface area contributed by atoms with Gasteiger partial charge in [-0.05, 0) is 6.42 Å². The van der Waals surface area contributed by atoms with E-state index < -0.39 is 4.92 Å². The first-order valence-corrected chi connectivity index (χ1v) is 4.21. The largest absolute Gasteiger partial charge is 0.383 e. The monoisotopic (exact) mass is 196 g/mol. The van der Waals surface area contributed by atoms with Gasteiger partial charge in [-0.1, -0.05) is 6.92 Å². The summed E-state index contributed by atoms with van der Waals surface area (Å²) in [5, 5.41) is 10.5. The lowest BCUT2D eigenvalue weighted by atomic mass is 10.1. The lowest BCUT2D eigenvalue weighted by Gasteiger charge is -2.10. The van der Waals surface area contributed by atoms with Crippen LogP contribution in [0.25, 0.3) is 0 Å². The Hall–Kier alpha value is -1.69. The molecule has 0 fully saturated rings. The number of hydrogen-bond donors (Lipinski definition) is 2. The number of nitrogens with two attached hydrogens (primary N) is 2. The molecule has 1 atom stereocenters. The Morgan fingerprint density at radius 1 is 1.71 bits per heavy atom. The Bertz CT molecular complexity index is 353. The molecule has 0 saturated heterocycles. The highest BCUT2D eigenvalue weighted by molar-refractivity contribution is 5.47. The molecule has 0 radical (unpaired) electrons. The maximum atomic E-state index is 10.5. The van der Waals surface area contributed by atoms with Gasteiger partial charge in [0.1, 0.15) is 12.0 Å². The van der Waals surface area contributed by atoms with Crippen LogP contribution in [0.1, 0.15) is 24.9 Å². The van der Waals surface area contributed by atoms with Crippen LogP contribution >= 0.6 is 0 Å². The summed E-state index contributed by atoms with van der Waals surface area (Å²) in [7, 11) is 0. The van der Waals surface area contributed by atoms with Gasteiger partial charge in [0.15, 0.2) is 0 Å². The maximum absolute atomic E-state index is 10.5. The minimum atomic E-state index is -0.516. The van der Waals surface area contributed by atoms with Crippen LogP contribution in [0.5, 0.6) is 0 Å². The van der Waals surface area contributed by atoms with Gasteiger partial charge in [-0.25, -0.2) is 4.98 Å². The van der Waals surface area contributed by atoms with Crippen molar-refractivity contribution >= 4 is 11.5 Å². The molecule has 0 aromatic carbocycles. The molecular weight excluding hydrogens is 184 g/mol. The minimum absolute atomic E-state index is 0.0851. The standard InChI is InChI=1S/C8H12N4O2/c1-2-7(9)6-3-5(12(13)14)4-11-8(6)10/h3-4,7H,2,9H2,1H3,(H2,10,11). The van der Waals surface area contributed by atoms with E-state index in [1.807, 2.05) is 6.92 Å². The molecule has 0 spiro atoms. The lowest BCUT2D eigenvalue weighted by molar-refractivity contribution is -0.385. The highest BCUT2D eigenvalue weighted by atomic mass is 16.6. The molecule has 14 heavy (non-hydrogen) atoms. The van der Waals surface area contributed by atoms with Crippen molar-refractivity contribution in [1.82, 2.24) is 4.98 Å². The average molecular weight is 196 g/mol. The van der Waals surface area contributed by atoms with E-state index in [1.165, 1.54) is 6.07 Å². The van der Waals surface area contributed by atoms with Crippen LogP contribution in [0, 0.1) is 10.1 Å². The van der Waals surface area contributed by atoms with Crippen LogP contribution in [0.2, 0.25) is 0 Å². The van der Waals surface area contributed by atoms with Gasteiger partial charge in [-0.2, -0.15) is 0 Å². The van der Waals surface area contributed by atoms with E-state index in [9.17, 15) is 10.1 Å². The number of hydrogen-bond acceptors (Lipinski definition) is 5. The highest BCUT2D eigenvalue weighted by Crippen LogP contribution is 2.23. The molecule has 0 saturated carbocycles. The van der Waals surface area contributed by atoms with Crippen LogP contribution in [0.15, 0.2) is 12.3 Å². The molecule has 1 aromatic rings. The maximum Gasteiger partial charge on any atom is 0.288 e. The number of nitrogen functional groups attached to an aromatic ring is 1. The molecule has 1 rings (SSSR count). The molecule has 6 heteroatoms. The van der Waals surface area contributed by atoms with Crippen molar-refractivity contribution in [2.75, 3.05) is 5.73 Å². The Kier molecular flexibility index (Phi) is 2.98. The summed E-state index contributed by atoms with van der Waals surface area (Å²) >= 11 is 0. The number of rotatable bonds is 3. The molecule has 0 aliphatic rings. The van der Waals surface area contributed by atoms with Gasteiger partial charge in [0.2, 0.25) is 0 Å². The van der Waals surface area contributed by atoms with Crippen LogP contribution in [0.4, 0.5) is 11.5 Å². The molecule has 1 unspecified atom stereocenters. The third-order valence-electron chi connectivity index (χ3n) is 1.99. The molecule has 4 N–H and O–H groups in total. The molecule has 0 aliphatic heterocycles. The number of nitro groups is 1. The second kappa shape index (κ2) is 4.01. The van der Waals surface area contributed by atoms with Crippen LogP contribution in [-0.2, 0) is 0 Å². The van der Waals surface area contributed by atoms with Crippen molar-refractivity contribution in [2.45, 2.75) is 19.4 Å². The first kappa shape index (κ1) is 10.4. The van der Waals surface area contributed by atoms with Crippen LogP contribution < -0.4 is 11.5 Å². The fourth-order valence-corrected chi connectivity index (χ4v) is 1.10. The first-order valence-electron chi connectivity index (χ1n) is 4.21. The Balaban J connectivity index is 3.14. The molecule has 1 heterocycles. The Morgan fingerprint density at radius 3 is 2.86 bits per heavy atom.